The predicted octanol–water partition coefficient (Wildman–Crippen LogP) is 1.08. The number of anilines is 1. The maximum Gasteiger partial charge on any atom is 0.233 e. The van der Waals surface area contributed by atoms with Gasteiger partial charge in [0.1, 0.15) is 18.2 Å². The van der Waals surface area contributed by atoms with Crippen molar-refractivity contribution < 1.29 is 4.74 Å². The van der Waals surface area contributed by atoms with Gasteiger partial charge in [0.25, 0.3) is 0 Å². The highest BCUT2D eigenvalue weighted by Crippen LogP contribution is 2.13. The molecule has 2 aromatic rings. The summed E-state index contributed by atoms with van der Waals surface area (Å²) >= 11 is 0. The lowest BCUT2D eigenvalue weighted by atomic mass is 10.3. The third kappa shape index (κ3) is 4.35. The monoisotopic (exact) mass is 314 g/mol. The van der Waals surface area contributed by atoms with E-state index in [0.29, 0.717) is 12.5 Å². The van der Waals surface area contributed by atoms with E-state index in [1.54, 1.807) is 0 Å². The van der Waals surface area contributed by atoms with Gasteiger partial charge in [-0.05, 0) is 26.0 Å². The first-order chi connectivity index (χ1) is 11.2. The second-order valence-corrected chi connectivity index (χ2v) is 5.65. The normalized spacial score (nSPS) is 15.7. The summed E-state index contributed by atoms with van der Waals surface area (Å²) in [4.78, 5) is 13.3. The molecule has 1 aliphatic rings. The molecule has 1 fully saturated rings. The number of nitrogens with zero attached hydrogens (tertiary/aromatic N) is 6. The van der Waals surface area contributed by atoms with Gasteiger partial charge in [-0.15, -0.1) is 5.10 Å². The van der Waals surface area contributed by atoms with E-state index in [1.807, 2.05) is 38.2 Å². The van der Waals surface area contributed by atoms with Crippen LogP contribution in [0, 0.1) is 13.8 Å². The van der Waals surface area contributed by atoms with Crippen molar-refractivity contribution in [3.8, 4) is 5.88 Å². The minimum atomic E-state index is 0.589. The number of aryl methyl sites for hydroxylation is 2. The number of rotatable bonds is 5. The molecule has 2 aromatic heterocycles. The zero-order valence-corrected chi connectivity index (χ0v) is 13.6. The summed E-state index contributed by atoms with van der Waals surface area (Å²) in [5.41, 5.74) is 0.897. The van der Waals surface area contributed by atoms with E-state index >= 15 is 0 Å². The summed E-state index contributed by atoms with van der Waals surface area (Å²) in [6.07, 6.45) is 1.82. The van der Waals surface area contributed by atoms with Gasteiger partial charge >= 0.3 is 0 Å². The van der Waals surface area contributed by atoms with Crippen molar-refractivity contribution in [1.29, 1.82) is 0 Å². The second-order valence-electron chi connectivity index (χ2n) is 5.65. The molecule has 7 heteroatoms. The summed E-state index contributed by atoms with van der Waals surface area (Å²) in [7, 11) is 0. The zero-order chi connectivity index (χ0) is 16.1. The van der Waals surface area contributed by atoms with Gasteiger partial charge in [-0.2, -0.15) is 5.10 Å². The first kappa shape index (κ1) is 15.6. The molecule has 0 radical (unpaired) electrons. The topological polar surface area (TPSA) is 67.3 Å². The molecule has 1 saturated heterocycles. The van der Waals surface area contributed by atoms with E-state index < -0.39 is 0 Å². The van der Waals surface area contributed by atoms with Crippen LogP contribution < -0.4 is 9.64 Å². The lowest BCUT2D eigenvalue weighted by Gasteiger charge is -2.35. The number of hydrogen-bond acceptors (Lipinski definition) is 7. The van der Waals surface area contributed by atoms with Crippen molar-refractivity contribution in [3.05, 3.63) is 35.9 Å². The Labute approximate surface area is 136 Å². The van der Waals surface area contributed by atoms with E-state index in [0.717, 1.165) is 50.1 Å². The van der Waals surface area contributed by atoms with E-state index in [2.05, 4.69) is 30.0 Å². The van der Waals surface area contributed by atoms with Crippen LogP contribution in [0.15, 0.2) is 24.4 Å². The van der Waals surface area contributed by atoms with Crippen LogP contribution in [-0.4, -0.2) is 64.4 Å². The molecule has 0 bridgehead atoms. The van der Waals surface area contributed by atoms with Crippen molar-refractivity contribution in [2.24, 2.45) is 0 Å². The molecule has 0 spiro atoms. The fraction of sp³-hybridized carbons (Fsp3) is 0.500. The molecule has 0 aliphatic carbocycles. The van der Waals surface area contributed by atoms with Crippen molar-refractivity contribution in [2.45, 2.75) is 13.8 Å². The Morgan fingerprint density at radius 2 is 1.87 bits per heavy atom. The van der Waals surface area contributed by atoms with E-state index in [1.165, 1.54) is 0 Å². The number of hydrogen-bond donors (Lipinski definition) is 0. The molecule has 7 nitrogen and oxygen atoms in total. The Morgan fingerprint density at radius 1 is 1.04 bits per heavy atom. The first-order valence-corrected chi connectivity index (χ1v) is 7.91. The molecule has 122 valence electrons. The third-order valence-corrected chi connectivity index (χ3v) is 3.89. The maximum absolute atomic E-state index is 5.64. The van der Waals surface area contributed by atoms with Crippen LogP contribution in [0.3, 0.4) is 0 Å². The number of aromatic nitrogens is 4. The van der Waals surface area contributed by atoms with Gasteiger partial charge in [-0.25, -0.2) is 9.97 Å². The molecule has 0 aromatic carbocycles. The molecule has 3 rings (SSSR count). The van der Waals surface area contributed by atoms with Gasteiger partial charge in [0, 0.05) is 45.0 Å². The van der Waals surface area contributed by atoms with Gasteiger partial charge in [-0.3, -0.25) is 4.90 Å². The van der Waals surface area contributed by atoms with E-state index in [9.17, 15) is 0 Å². The Morgan fingerprint density at radius 3 is 2.57 bits per heavy atom. The van der Waals surface area contributed by atoms with Gasteiger partial charge in [0.2, 0.25) is 5.88 Å². The highest BCUT2D eigenvalue weighted by Gasteiger charge is 2.18. The van der Waals surface area contributed by atoms with Crippen LogP contribution in [0.5, 0.6) is 5.88 Å². The summed E-state index contributed by atoms with van der Waals surface area (Å²) in [5, 5.41) is 8.00. The van der Waals surface area contributed by atoms with E-state index in [4.69, 9.17) is 4.74 Å². The largest absolute Gasteiger partial charge is 0.475 e. The smallest absolute Gasteiger partial charge is 0.233 e. The molecule has 23 heavy (non-hydrogen) atoms. The summed E-state index contributed by atoms with van der Waals surface area (Å²) < 4.78 is 5.64. The number of piperazine rings is 1. The van der Waals surface area contributed by atoms with Crippen LogP contribution in [0.1, 0.15) is 11.5 Å². The minimum absolute atomic E-state index is 0.589. The van der Waals surface area contributed by atoms with Crippen molar-refractivity contribution >= 4 is 5.82 Å². The fourth-order valence-electron chi connectivity index (χ4n) is 2.56. The van der Waals surface area contributed by atoms with Crippen LogP contribution >= 0.6 is 0 Å². The molecule has 0 unspecified atom stereocenters. The molecular formula is C16H22N6O. The Balaban J connectivity index is 1.41. The Kier molecular flexibility index (Phi) is 4.97. The lowest BCUT2D eigenvalue weighted by Crippen LogP contribution is -2.47. The fourth-order valence-corrected chi connectivity index (χ4v) is 2.56. The van der Waals surface area contributed by atoms with Gasteiger partial charge in [-0.1, -0.05) is 0 Å². The van der Waals surface area contributed by atoms with Crippen LogP contribution in [0.25, 0.3) is 0 Å². The molecule has 1 aliphatic heterocycles. The Hall–Kier alpha value is -2.28. The lowest BCUT2D eigenvalue weighted by molar-refractivity contribution is 0.195. The Bertz CT molecular complexity index is 625. The first-order valence-electron chi connectivity index (χ1n) is 7.91. The highest BCUT2D eigenvalue weighted by molar-refractivity contribution is 5.37. The maximum atomic E-state index is 5.64. The van der Waals surface area contributed by atoms with Crippen LogP contribution in [0.4, 0.5) is 5.82 Å². The molecule has 0 amide bonds. The van der Waals surface area contributed by atoms with Crippen LogP contribution in [-0.2, 0) is 0 Å². The molecular weight excluding hydrogens is 292 g/mol. The van der Waals surface area contributed by atoms with Crippen LogP contribution in [0.2, 0.25) is 0 Å². The van der Waals surface area contributed by atoms with Crippen molar-refractivity contribution in [3.63, 3.8) is 0 Å². The SMILES string of the molecule is Cc1ccc(OCCN2CCN(c3ccnc(C)n3)CC2)nn1. The van der Waals surface area contributed by atoms with Gasteiger partial charge in [0.05, 0.1) is 5.69 Å². The highest BCUT2D eigenvalue weighted by atomic mass is 16.5. The molecule has 0 saturated carbocycles. The zero-order valence-electron chi connectivity index (χ0n) is 13.6. The summed E-state index contributed by atoms with van der Waals surface area (Å²) in [6.45, 7) is 9.32. The minimum Gasteiger partial charge on any atom is -0.475 e. The van der Waals surface area contributed by atoms with Crippen molar-refractivity contribution in [1.82, 2.24) is 25.1 Å². The average Bonchev–Trinajstić information content (AvgIpc) is 2.57. The predicted molar refractivity (Wildman–Crippen MR) is 87.7 cm³/mol. The molecule has 0 N–H and O–H groups in total. The molecule has 0 atom stereocenters. The standard InChI is InChI=1S/C16H22N6O/c1-13-3-4-16(20-19-13)23-12-11-21-7-9-22(10-8-21)15-5-6-17-14(2)18-15/h3-6H,7-12H2,1-2H3. The summed E-state index contributed by atoms with van der Waals surface area (Å²) in [6, 6.07) is 5.74. The second kappa shape index (κ2) is 7.32. The van der Waals surface area contributed by atoms with Gasteiger partial charge in [0.15, 0.2) is 0 Å². The van der Waals surface area contributed by atoms with Gasteiger partial charge < -0.3 is 9.64 Å². The summed E-state index contributed by atoms with van der Waals surface area (Å²) in [5.74, 6) is 2.42. The van der Waals surface area contributed by atoms with E-state index in [-0.39, 0.29) is 0 Å². The average molecular weight is 314 g/mol. The quantitative estimate of drug-likeness (QED) is 0.818. The number of ether oxygens (including phenoxy) is 1. The third-order valence-electron chi connectivity index (χ3n) is 3.89. The van der Waals surface area contributed by atoms with Crippen molar-refractivity contribution in [2.75, 3.05) is 44.2 Å². The molecule has 3 heterocycles.